The van der Waals surface area contributed by atoms with Gasteiger partial charge in [-0.3, -0.25) is 4.79 Å². The number of fused-ring (bicyclic) bond motifs is 1. The van der Waals surface area contributed by atoms with E-state index >= 15 is 0 Å². The van der Waals surface area contributed by atoms with Crippen molar-refractivity contribution in [2.45, 2.75) is 20.5 Å². The van der Waals surface area contributed by atoms with E-state index in [4.69, 9.17) is 19.9 Å². The number of carbonyl (C=O) groups is 3. The fraction of sp³-hybridized carbons (Fsp3) is 0.286. The second-order valence-electron chi connectivity index (χ2n) is 6.49. The summed E-state index contributed by atoms with van der Waals surface area (Å²) >= 11 is 0.848. The molecule has 11 heteroatoms. The first-order valence-electron chi connectivity index (χ1n) is 9.68. The van der Waals surface area contributed by atoms with E-state index in [2.05, 4.69) is 5.10 Å². The first kappa shape index (κ1) is 22.9. The molecule has 0 aliphatic rings. The van der Waals surface area contributed by atoms with E-state index in [1.54, 1.807) is 38.1 Å². The van der Waals surface area contributed by atoms with Crippen molar-refractivity contribution in [2.75, 3.05) is 18.9 Å². The van der Waals surface area contributed by atoms with Gasteiger partial charge in [0.25, 0.3) is 5.56 Å². The number of esters is 3. The highest BCUT2D eigenvalue weighted by atomic mass is 32.1. The molecular formula is C21H21N3O7S. The van der Waals surface area contributed by atoms with Gasteiger partial charge in [0.15, 0.2) is 5.69 Å². The molecule has 0 fully saturated rings. The molecule has 3 rings (SSSR count). The topological polar surface area (TPSA) is 140 Å². The van der Waals surface area contributed by atoms with Crippen LogP contribution in [-0.4, -0.2) is 40.9 Å². The van der Waals surface area contributed by atoms with Gasteiger partial charge in [0.2, 0.25) is 0 Å². The number of anilines is 1. The van der Waals surface area contributed by atoms with E-state index in [1.807, 2.05) is 0 Å². The molecule has 0 aliphatic heterocycles. The van der Waals surface area contributed by atoms with Crippen molar-refractivity contribution >= 4 is 45.0 Å². The predicted molar refractivity (Wildman–Crippen MR) is 117 cm³/mol. The van der Waals surface area contributed by atoms with Crippen LogP contribution >= 0.6 is 11.3 Å². The van der Waals surface area contributed by atoms with Crippen molar-refractivity contribution in [2.24, 2.45) is 7.05 Å². The lowest BCUT2D eigenvalue weighted by Crippen LogP contribution is -2.24. The Morgan fingerprint density at radius 1 is 1.00 bits per heavy atom. The number of aryl methyl sites for hydroxylation is 1. The van der Waals surface area contributed by atoms with Crippen LogP contribution in [0, 0.1) is 0 Å². The van der Waals surface area contributed by atoms with Gasteiger partial charge in [0.05, 0.1) is 18.6 Å². The van der Waals surface area contributed by atoms with E-state index in [0.717, 1.165) is 16.0 Å². The normalized spacial score (nSPS) is 10.7. The summed E-state index contributed by atoms with van der Waals surface area (Å²) in [5.74, 6) is -2.28. The van der Waals surface area contributed by atoms with Gasteiger partial charge in [-0.2, -0.15) is 5.10 Å². The molecule has 32 heavy (non-hydrogen) atoms. The summed E-state index contributed by atoms with van der Waals surface area (Å²) < 4.78 is 16.5. The number of carbonyl (C=O) groups excluding carboxylic acids is 3. The van der Waals surface area contributed by atoms with E-state index in [1.165, 1.54) is 7.05 Å². The highest BCUT2D eigenvalue weighted by Gasteiger charge is 2.29. The Hall–Kier alpha value is -3.73. The molecule has 2 heterocycles. The van der Waals surface area contributed by atoms with Crippen molar-refractivity contribution in [1.29, 1.82) is 0 Å². The van der Waals surface area contributed by atoms with Crippen LogP contribution in [0.4, 0.5) is 5.00 Å². The maximum absolute atomic E-state index is 12.9. The van der Waals surface area contributed by atoms with Crippen LogP contribution < -0.4 is 11.3 Å². The summed E-state index contributed by atoms with van der Waals surface area (Å²) in [5.41, 5.74) is 5.55. The predicted octanol–water partition coefficient (Wildman–Crippen LogP) is 2.29. The van der Waals surface area contributed by atoms with Crippen LogP contribution in [0.1, 0.15) is 49.9 Å². The number of nitrogens with zero attached hydrogens (tertiary/aromatic N) is 2. The Kier molecular flexibility index (Phi) is 6.89. The molecule has 1 aromatic carbocycles. The number of nitrogens with two attached hydrogens (primary N) is 1. The van der Waals surface area contributed by atoms with Crippen LogP contribution in [0.25, 0.3) is 10.8 Å². The third-order valence-corrected chi connectivity index (χ3v) is 5.51. The summed E-state index contributed by atoms with van der Waals surface area (Å²) in [6.07, 6.45) is 0. The van der Waals surface area contributed by atoms with Crippen LogP contribution in [-0.2, 0) is 27.9 Å². The Morgan fingerprint density at radius 2 is 1.62 bits per heavy atom. The van der Waals surface area contributed by atoms with Crippen molar-refractivity contribution < 1.29 is 28.6 Å². The number of hydrogen-bond donors (Lipinski definition) is 1. The zero-order valence-corrected chi connectivity index (χ0v) is 18.5. The van der Waals surface area contributed by atoms with E-state index < -0.39 is 24.5 Å². The van der Waals surface area contributed by atoms with Crippen molar-refractivity contribution in [3.8, 4) is 0 Å². The maximum atomic E-state index is 12.9. The lowest BCUT2D eigenvalue weighted by atomic mass is 10.1. The lowest BCUT2D eigenvalue weighted by Gasteiger charge is -2.10. The van der Waals surface area contributed by atoms with E-state index in [0.29, 0.717) is 10.8 Å². The zero-order chi connectivity index (χ0) is 23.4. The number of rotatable bonds is 7. The van der Waals surface area contributed by atoms with Crippen molar-refractivity contribution in [1.82, 2.24) is 9.78 Å². The Morgan fingerprint density at radius 3 is 2.28 bits per heavy atom. The van der Waals surface area contributed by atoms with Crippen LogP contribution in [0.3, 0.4) is 0 Å². The third-order valence-electron chi connectivity index (χ3n) is 4.47. The van der Waals surface area contributed by atoms with Gasteiger partial charge in [-0.1, -0.05) is 18.2 Å². The third kappa shape index (κ3) is 4.33. The van der Waals surface area contributed by atoms with Crippen LogP contribution in [0.2, 0.25) is 0 Å². The SMILES string of the molecule is CCOC(=O)c1sc(N)c(C(=O)OCC)c1COC(=O)c1nn(C)c(=O)c2ccccc12. The highest BCUT2D eigenvalue weighted by Crippen LogP contribution is 2.33. The molecule has 2 aromatic heterocycles. The van der Waals surface area contributed by atoms with Gasteiger partial charge in [-0.25, -0.2) is 19.1 Å². The number of benzene rings is 1. The number of thiophene rings is 1. The smallest absolute Gasteiger partial charge is 0.359 e. The minimum atomic E-state index is -0.841. The Bertz CT molecular complexity index is 1260. The van der Waals surface area contributed by atoms with Gasteiger partial charge < -0.3 is 19.9 Å². The van der Waals surface area contributed by atoms with Gasteiger partial charge in [-0.05, 0) is 19.9 Å². The monoisotopic (exact) mass is 459 g/mol. The molecule has 3 aromatic rings. The van der Waals surface area contributed by atoms with Gasteiger partial charge >= 0.3 is 17.9 Å². The molecule has 0 spiro atoms. The maximum Gasteiger partial charge on any atom is 0.359 e. The molecule has 0 saturated carbocycles. The van der Waals surface area contributed by atoms with Gasteiger partial charge in [-0.15, -0.1) is 11.3 Å². The second kappa shape index (κ2) is 9.60. The molecular weight excluding hydrogens is 438 g/mol. The quantitative estimate of drug-likeness (QED) is 0.416. The molecule has 0 radical (unpaired) electrons. The Balaban J connectivity index is 1.99. The molecule has 10 nitrogen and oxygen atoms in total. The highest BCUT2D eigenvalue weighted by molar-refractivity contribution is 7.18. The number of hydrogen-bond acceptors (Lipinski definition) is 10. The molecule has 0 saturated heterocycles. The summed E-state index contributed by atoms with van der Waals surface area (Å²) in [5, 5.41) is 4.68. The minimum Gasteiger partial charge on any atom is -0.462 e. The average Bonchev–Trinajstić information content (AvgIpc) is 3.11. The number of ether oxygens (including phenoxy) is 3. The molecule has 168 valence electrons. The van der Waals surface area contributed by atoms with Gasteiger partial charge in [0.1, 0.15) is 22.0 Å². The average molecular weight is 459 g/mol. The summed E-state index contributed by atoms with van der Waals surface area (Å²) in [4.78, 5) is 50.0. The zero-order valence-electron chi connectivity index (χ0n) is 17.7. The Labute approximate surface area is 186 Å². The van der Waals surface area contributed by atoms with Crippen LogP contribution in [0.5, 0.6) is 0 Å². The minimum absolute atomic E-state index is 0.0403. The van der Waals surface area contributed by atoms with Crippen LogP contribution in [0.15, 0.2) is 29.1 Å². The summed E-state index contributed by atoms with van der Waals surface area (Å²) in [6, 6.07) is 6.49. The molecule has 0 aliphatic carbocycles. The first-order chi connectivity index (χ1) is 15.3. The standard InChI is InChI=1S/C21H21N3O7S/c1-4-29-19(26)14-13(16(32-17(14)22)21(28)30-5-2)10-31-20(27)15-11-8-6-7-9-12(11)18(25)24(3)23-15/h6-9H,4-5,10,22H2,1-3H3. The van der Waals surface area contributed by atoms with Crippen molar-refractivity contribution in [3.63, 3.8) is 0 Å². The van der Waals surface area contributed by atoms with Crippen molar-refractivity contribution in [3.05, 3.63) is 56.3 Å². The molecule has 0 amide bonds. The molecule has 2 N–H and O–H groups in total. The first-order valence-corrected chi connectivity index (χ1v) is 10.5. The fourth-order valence-corrected chi connectivity index (χ4v) is 4.02. The fourth-order valence-electron chi connectivity index (χ4n) is 3.07. The lowest BCUT2D eigenvalue weighted by molar-refractivity contribution is 0.0432. The largest absolute Gasteiger partial charge is 0.462 e. The van der Waals surface area contributed by atoms with Gasteiger partial charge in [0, 0.05) is 18.0 Å². The van der Waals surface area contributed by atoms with E-state index in [9.17, 15) is 19.2 Å². The second-order valence-corrected chi connectivity index (χ2v) is 7.54. The number of aromatic nitrogens is 2. The summed E-state index contributed by atoms with van der Waals surface area (Å²) in [6.45, 7) is 3.02. The van der Waals surface area contributed by atoms with E-state index in [-0.39, 0.29) is 45.5 Å². The molecule has 0 bridgehead atoms. The molecule has 0 unspecified atom stereocenters. The summed E-state index contributed by atoms with van der Waals surface area (Å²) in [7, 11) is 1.42. The molecule has 0 atom stereocenters. The number of nitrogen functional groups attached to an aromatic ring is 1.